The minimum Gasteiger partial charge on any atom is -0.192 e. The number of nitrogens with zero attached hydrogens (tertiary/aromatic N) is 2. The Labute approximate surface area is 299 Å². The maximum atomic E-state index is 10.2. The predicted octanol–water partition coefficient (Wildman–Crippen LogP) is 13.4. The number of nitriles is 2. The Hall–Kier alpha value is -7.26. The predicted molar refractivity (Wildman–Crippen MR) is 217 cm³/mol. The van der Waals surface area contributed by atoms with E-state index in [1.807, 2.05) is 6.07 Å². The van der Waals surface area contributed by atoms with Crippen molar-refractivity contribution in [2.45, 2.75) is 0 Å². The first-order valence-electron chi connectivity index (χ1n) is 17.6. The van der Waals surface area contributed by atoms with Crippen LogP contribution in [0, 0.1) is 22.7 Å². The lowest BCUT2D eigenvalue weighted by molar-refractivity contribution is 1.45. The molecule has 52 heavy (non-hydrogen) atoms. The van der Waals surface area contributed by atoms with E-state index < -0.39 is 0 Å². The van der Waals surface area contributed by atoms with Gasteiger partial charge in [-0.25, -0.2) is 0 Å². The summed E-state index contributed by atoms with van der Waals surface area (Å²) in [4.78, 5) is 0. The Morgan fingerprint density at radius 2 is 0.846 bits per heavy atom. The fraction of sp³-hybridized carbons (Fsp3) is 0. The molecule has 0 atom stereocenters. The normalized spacial score (nSPS) is 11.8. The number of hydrogen-bond acceptors (Lipinski definition) is 2. The fourth-order valence-electron chi connectivity index (χ4n) is 9.19. The molecule has 11 rings (SSSR count). The van der Waals surface area contributed by atoms with E-state index in [0.717, 1.165) is 16.5 Å². The third kappa shape index (κ3) is 3.71. The van der Waals surface area contributed by atoms with Gasteiger partial charge in [0.25, 0.3) is 0 Å². The maximum absolute atomic E-state index is 10.2. The molecule has 0 aliphatic carbocycles. The van der Waals surface area contributed by atoms with Gasteiger partial charge in [-0.2, -0.15) is 10.5 Å². The average Bonchev–Trinajstić information content (AvgIpc) is 3.72. The molecule has 2 heteroatoms. The molecule has 236 valence electrons. The lowest BCUT2D eigenvalue weighted by atomic mass is 9.84. The number of rotatable bonds is 3. The van der Waals surface area contributed by atoms with Crippen LogP contribution in [-0.2, 0) is 0 Å². The molecule has 0 N–H and O–H groups in total. The third-order valence-electron chi connectivity index (χ3n) is 11.2. The first-order valence-corrected chi connectivity index (χ1v) is 17.6. The minimum absolute atomic E-state index is 0.482. The SMILES string of the molecule is N#Cc1ccc(-c2ccc3c4c(-c5ccccc5)c5c(cc6c7ccccc7c7cccc5c76)c(-c5ccccc5)c4c4cccc2c43)c(C#N)c1. The highest BCUT2D eigenvalue weighted by Crippen LogP contribution is 2.55. The van der Waals surface area contributed by atoms with Gasteiger partial charge in [0, 0.05) is 5.56 Å². The molecule has 0 saturated heterocycles. The van der Waals surface area contributed by atoms with Crippen molar-refractivity contribution in [1.29, 1.82) is 10.5 Å². The van der Waals surface area contributed by atoms with Crippen LogP contribution in [0.25, 0.3) is 109 Å². The Balaban J connectivity index is 1.43. The van der Waals surface area contributed by atoms with E-state index in [1.54, 1.807) is 12.1 Å². The van der Waals surface area contributed by atoms with E-state index in [0.29, 0.717) is 11.1 Å². The molecule has 0 bridgehead atoms. The van der Waals surface area contributed by atoms with Crippen molar-refractivity contribution in [3.05, 3.63) is 169 Å². The standard InChI is InChI=1S/C50H26N2/c51-27-29-21-22-33(32(25-29)28-52)36-23-24-41-46-38(36)18-10-20-40(46)49-44(30-11-3-1-4-12-30)43-26-42-35-16-8-7-15-34(35)37-17-9-19-39(47(37)42)48(43)45(50(41)49)31-13-5-2-6-14-31/h1-26H. The first-order chi connectivity index (χ1) is 25.7. The topological polar surface area (TPSA) is 47.6 Å². The van der Waals surface area contributed by atoms with Crippen molar-refractivity contribution < 1.29 is 0 Å². The molecule has 11 aromatic rings. The monoisotopic (exact) mass is 654 g/mol. The van der Waals surface area contributed by atoms with E-state index in [2.05, 4.69) is 152 Å². The maximum Gasteiger partial charge on any atom is 0.0998 e. The van der Waals surface area contributed by atoms with Gasteiger partial charge in [0.2, 0.25) is 0 Å². The zero-order valence-corrected chi connectivity index (χ0v) is 27.9. The molecule has 0 unspecified atom stereocenters. The molecule has 2 nitrogen and oxygen atoms in total. The van der Waals surface area contributed by atoms with E-state index in [9.17, 15) is 10.5 Å². The first kappa shape index (κ1) is 28.6. The van der Waals surface area contributed by atoms with Gasteiger partial charge in [-0.05, 0) is 121 Å². The van der Waals surface area contributed by atoms with E-state index in [4.69, 9.17) is 0 Å². The Kier molecular flexibility index (Phi) is 5.83. The van der Waals surface area contributed by atoms with Gasteiger partial charge in [-0.15, -0.1) is 0 Å². The van der Waals surface area contributed by atoms with Crippen molar-refractivity contribution >= 4 is 75.4 Å². The van der Waals surface area contributed by atoms with Crippen molar-refractivity contribution in [3.8, 4) is 45.5 Å². The molecule has 0 aliphatic heterocycles. The van der Waals surface area contributed by atoms with E-state index >= 15 is 0 Å². The van der Waals surface area contributed by atoms with Crippen LogP contribution in [-0.4, -0.2) is 0 Å². The highest BCUT2D eigenvalue weighted by atomic mass is 14.3. The molecule has 0 aromatic heterocycles. The number of benzene rings is 9. The second-order valence-corrected chi connectivity index (χ2v) is 13.7. The second-order valence-electron chi connectivity index (χ2n) is 13.7. The molecule has 0 amide bonds. The molecule has 0 spiro atoms. The quantitative estimate of drug-likeness (QED) is 0.178. The van der Waals surface area contributed by atoms with Crippen LogP contribution in [0.5, 0.6) is 0 Å². The van der Waals surface area contributed by atoms with Gasteiger partial charge < -0.3 is 0 Å². The van der Waals surface area contributed by atoms with Crippen molar-refractivity contribution in [2.75, 3.05) is 0 Å². The molecule has 11 aromatic carbocycles. The summed E-state index contributed by atoms with van der Waals surface area (Å²) in [5.74, 6) is 0. The van der Waals surface area contributed by atoms with Crippen LogP contribution in [0.3, 0.4) is 0 Å². The van der Waals surface area contributed by atoms with E-state index in [-0.39, 0.29) is 0 Å². The molecule has 0 aliphatic rings. The number of fused-ring (bicyclic) bond motifs is 8. The fourth-order valence-corrected chi connectivity index (χ4v) is 9.19. The number of hydrogen-bond donors (Lipinski definition) is 0. The van der Waals surface area contributed by atoms with Crippen molar-refractivity contribution in [2.24, 2.45) is 0 Å². The summed E-state index contributed by atoms with van der Waals surface area (Å²) >= 11 is 0. The summed E-state index contributed by atoms with van der Waals surface area (Å²) in [5, 5.41) is 37.2. The van der Waals surface area contributed by atoms with E-state index in [1.165, 1.54) is 92.3 Å². The lowest BCUT2D eigenvalue weighted by Crippen LogP contribution is -1.91. The molecule has 0 heterocycles. The molecule has 0 radical (unpaired) electrons. The van der Waals surface area contributed by atoms with Crippen LogP contribution >= 0.6 is 0 Å². The van der Waals surface area contributed by atoms with Crippen LogP contribution in [0.4, 0.5) is 0 Å². The Bertz CT molecular complexity index is 3340. The molecule has 0 saturated carbocycles. The van der Waals surface area contributed by atoms with Crippen LogP contribution < -0.4 is 0 Å². The average molecular weight is 655 g/mol. The smallest absolute Gasteiger partial charge is 0.0998 e. The highest BCUT2D eigenvalue weighted by Gasteiger charge is 2.27. The lowest BCUT2D eigenvalue weighted by Gasteiger charge is -2.19. The van der Waals surface area contributed by atoms with Crippen molar-refractivity contribution in [3.63, 3.8) is 0 Å². The highest BCUT2D eigenvalue weighted by molar-refractivity contribution is 6.45. The molecular weight excluding hydrogens is 629 g/mol. The van der Waals surface area contributed by atoms with Crippen LogP contribution in [0.2, 0.25) is 0 Å². The largest absolute Gasteiger partial charge is 0.192 e. The Morgan fingerprint density at radius 1 is 0.308 bits per heavy atom. The van der Waals surface area contributed by atoms with Gasteiger partial charge in [0.15, 0.2) is 0 Å². The zero-order chi connectivity index (χ0) is 34.5. The molecule has 0 fully saturated rings. The summed E-state index contributed by atoms with van der Waals surface area (Å²) in [6, 6.07) is 60.8. The summed E-state index contributed by atoms with van der Waals surface area (Å²) < 4.78 is 0. The zero-order valence-electron chi connectivity index (χ0n) is 27.9. The van der Waals surface area contributed by atoms with Crippen LogP contribution in [0.1, 0.15) is 11.1 Å². The Morgan fingerprint density at radius 3 is 1.56 bits per heavy atom. The third-order valence-corrected chi connectivity index (χ3v) is 11.2. The second kappa shape index (κ2) is 10.6. The van der Waals surface area contributed by atoms with Gasteiger partial charge >= 0.3 is 0 Å². The van der Waals surface area contributed by atoms with Gasteiger partial charge in [-0.3, -0.25) is 0 Å². The summed E-state index contributed by atoms with van der Waals surface area (Å²) in [5.41, 5.74) is 7.65. The summed E-state index contributed by atoms with van der Waals surface area (Å²) in [6.07, 6.45) is 0. The van der Waals surface area contributed by atoms with Crippen molar-refractivity contribution in [1.82, 2.24) is 0 Å². The minimum atomic E-state index is 0.482. The van der Waals surface area contributed by atoms with Gasteiger partial charge in [0.1, 0.15) is 0 Å². The van der Waals surface area contributed by atoms with Crippen LogP contribution in [0.15, 0.2) is 158 Å². The summed E-state index contributed by atoms with van der Waals surface area (Å²) in [6.45, 7) is 0. The van der Waals surface area contributed by atoms with Gasteiger partial charge in [-0.1, -0.05) is 140 Å². The molecular formula is C50H26N2. The summed E-state index contributed by atoms with van der Waals surface area (Å²) in [7, 11) is 0. The van der Waals surface area contributed by atoms with Gasteiger partial charge in [0.05, 0.1) is 23.3 Å².